The van der Waals surface area contributed by atoms with Gasteiger partial charge in [0.25, 0.3) is 11.8 Å². The maximum Gasteiger partial charge on any atom is 0.254 e. The van der Waals surface area contributed by atoms with Crippen LogP contribution < -0.4 is 9.64 Å². The molecule has 0 bridgehead atoms. The molecule has 1 aliphatic rings. The Labute approximate surface area is 208 Å². The molecule has 2 aromatic heterocycles. The smallest absolute Gasteiger partial charge is 0.254 e. The van der Waals surface area contributed by atoms with Crippen LogP contribution in [-0.2, 0) is 4.74 Å². The van der Waals surface area contributed by atoms with Crippen LogP contribution in [0.4, 0.5) is 5.69 Å². The first-order valence-electron chi connectivity index (χ1n) is 11.8. The predicted octanol–water partition coefficient (Wildman–Crippen LogP) is 5.57. The predicted molar refractivity (Wildman–Crippen MR) is 136 cm³/mol. The van der Waals surface area contributed by atoms with Crippen molar-refractivity contribution in [2.45, 2.75) is 0 Å². The van der Waals surface area contributed by atoms with E-state index in [1.807, 2.05) is 78.9 Å². The highest BCUT2D eigenvalue weighted by Crippen LogP contribution is 2.41. The third kappa shape index (κ3) is 4.12. The van der Waals surface area contributed by atoms with Crippen molar-refractivity contribution in [1.29, 1.82) is 0 Å². The summed E-state index contributed by atoms with van der Waals surface area (Å²) < 4.78 is 23.2. The second-order valence-electron chi connectivity index (χ2n) is 8.36. The van der Waals surface area contributed by atoms with Gasteiger partial charge in [0.15, 0.2) is 5.76 Å². The van der Waals surface area contributed by atoms with E-state index in [9.17, 15) is 0 Å². The second-order valence-corrected chi connectivity index (χ2v) is 8.36. The van der Waals surface area contributed by atoms with Crippen LogP contribution in [0.5, 0.6) is 5.75 Å². The highest BCUT2D eigenvalue weighted by Gasteiger charge is 2.26. The summed E-state index contributed by atoms with van der Waals surface area (Å²) in [6.45, 7) is 3.10. The molecule has 3 aromatic carbocycles. The maximum atomic E-state index is 6.23. The molecule has 0 saturated carbocycles. The Kier molecular flexibility index (Phi) is 5.93. The average molecular weight is 481 g/mol. The summed E-state index contributed by atoms with van der Waals surface area (Å²) in [4.78, 5) is 2.27. The van der Waals surface area contributed by atoms with E-state index in [1.54, 1.807) is 7.11 Å². The van der Waals surface area contributed by atoms with Crippen molar-refractivity contribution in [3.05, 3.63) is 78.9 Å². The van der Waals surface area contributed by atoms with Gasteiger partial charge in [-0.05, 0) is 12.1 Å². The van der Waals surface area contributed by atoms with Crippen LogP contribution in [0.1, 0.15) is 0 Å². The van der Waals surface area contributed by atoms with E-state index in [0.717, 1.165) is 29.9 Å². The van der Waals surface area contributed by atoms with Crippen molar-refractivity contribution in [2.24, 2.45) is 0 Å². The summed E-state index contributed by atoms with van der Waals surface area (Å²) in [5, 5.41) is 13.1. The van der Waals surface area contributed by atoms with Gasteiger partial charge in [-0.1, -0.05) is 65.8 Å². The zero-order valence-electron chi connectivity index (χ0n) is 19.8. The van der Waals surface area contributed by atoms with E-state index in [1.165, 1.54) is 0 Å². The SMILES string of the molecule is COc1cc(N2CCOCC2)ccc1-c1nnc(-c2c(-c3ccccc3)noc2-c2ccccc2)o1. The van der Waals surface area contributed by atoms with Gasteiger partial charge in [-0.2, -0.15) is 0 Å². The summed E-state index contributed by atoms with van der Waals surface area (Å²) in [5.41, 5.74) is 4.83. The molecular weight excluding hydrogens is 456 g/mol. The molecule has 0 unspecified atom stereocenters. The van der Waals surface area contributed by atoms with Crippen molar-refractivity contribution in [3.8, 4) is 51.2 Å². The summed E-state index contributed by atoms with van der Waals surface area (Å²) in [5.74, 6) is 1.91. The standard InChI is InChI=1S/C28H24N4O4/c1-33-23-18-21(32-14-16-34-17-15-32)12-13-22(23)27-29-30-28(35-27)24-25(19-8-4-2-5-9-19)31-36-26(24)20-10-6-3-7-11-20/h2-13,18H,14-17H2,1H3. The Bertz CT molecular complexity index is 1400. The maximum absolute atomic E-state index is 6.23. The molecule has 180 valence electrons. The molecule has 0 spiro atoms. The monoisotopic (exact) mass is 480 g/mol. The number of nitrogens with zero attached hydrogens (tertiary/aromatic N) is 4. The zero-order valence-corrected chi connectivity index (χ0v) is 19.8. The Morgan fingerprint density at radius 2 is 1.50 bits per heavy atom. The molecule has 0 N–H and O–H groups in total. The molecule has 0 atom stereocenters. The van der Waals surface area contributed by atoms with Crippen molar-refractivity contribution < 1.29 is 18.4 Å². The van der Waals surface area contributed by atoms with Gasteiger partial charge < -0.3 is 23.3 Å². The first-order chi connectivity index (χ1) is 17.8. The van der Waals surface area contributed by atoms with Gasteiger partial charge in [-0.25, -0.2) is 0 Å². The molecule has 8 nitrogen and oxygen atoms in total. The number of hydrogen-bond donors (Lipinski definition) is 0. The summed E-state index contributed by atoms with van der Waals surface area (Å²) in [7, 11) is 1.64. The van der Waals surface area contributed by atoms with Crippen LogP contribution in [0.25, 0.3) is 45.5 Å². The van der Waals surface area contributed by atoms with Gasteiger partial charge in [-0.15, -0.1) is 10.2 Å². The number of aromatic nitrogens is 3. The van der Waals surface area contributed by atoms with E-state index in [0.29, 0.717) is 53.3 Å². The van der Waals surface area contributed by atoms with Gasteiger partial charge in [0, 0.05) is 36.0 Å². The van der Waals surface area contributed by atoms with E-state index < -0.39 is 0 Å². The Morgan fingerprint density at radius 1 is 0.806 bits per heavy atom. The fourth-order valence-corrected chi connectivity index (χ4v) is 4.38. The highest BCUT2D eigenvalue weighted by atomic mass is 16.5. The topological polar surface area (TPSA) is 86.7 Å². The average Bonchev–Trinajstić information content (AvgIpc) is 3.62. The summed E-state index contributed by atoms with van der Waals surface area (Å²) in [6.07, 6.45) is 0. The second kappa shape index (κ2) is 9.67. The molecule has 1 aliphatic heterocycles. The van der Waals surface area contributed by atoms with E-state index >= 15 is 0 Å². The zero-order chi connectivity index (χ0) is 24.3. The summed E-state index contributed by atoms with van der Waals surface area (Å²) >= 11 is 0. The molecule has 1 fully saturated rings. The molecule has 8 heteroatoms. The Balaban J connectivity index is 1.42. The van der Waals surface area contributed by atoms with Crippen molar-refractivity contribution in [1.82, 2.24) is 15.4 Å². The number of ether oxygens (including phenoxy) is 2. The minimum atomic E-state index is 0.322. The van der Waals surface area contributed by atoms with Crippen molar-refractivity contribution in [2.75, 3.05) is 38.3 Å². The fraction of sp³-hybridized carbons (Fsp3) is 0.179. The minimum Gasteiger partial charge on any atom is -0.496 e. The van der Waals surface area contributed by atoms with Gasteiger partial charge in [-0.3, -0.25) is 0 Å². The van der Waals surface area contributed by atoms with E-state index in [-0.39, 0.29) is 0 Å². The molecule has 1 saturated heterocycles. The molecule has 3 heterocycles. The first-order valence-corrected chi connectivity index (χ1v) is 11.8. The largest absolute Gasteiger partial charge is 0.496 e. The third-order valence-electron chi connectivity index (χ3n) is 6.21. The van der Waals surface area contributed by atoms with Crippen LogP contribution in [0.15, 0.2) is 87.8 Å². The van der Waals surface area contributed by atoms with Crippen LogP contribution in [0, 0.1) is 0 Å². The highest BCUT2D eigenvalue weighted by molar-refractivity contribution is 5.87. The van der Waals surface area contributed by atoms with Crippen LogP contribution in [0.3, 0.4) is 0 Å². The fourth-order valence-electron chi connectivity index (χ4n) is 4.38. The molecule has 0 radical (unpaired) electrons. The minimum absolute atomic E-state index is 0.322. The van der Waals surface area contributed by atoms with Crippen molar-refractivity contribution >= 4 is 5.69 Å². The van der Waals surface area contributed by atoms with Gasteiger partial charge >= 0.3 is 0 Å². The van der Waals surface area contributed by atoms with Gasteiger partial charge in [0.2, 0.25) is 0 Å². The lowest BCUT2D eigenvalue weighted by Crippen LogP contribution is -2.36. The number of anilines is 1. The number of morpholine rings is 1. The van der Waals surface area contributed by atoms with Crippen LogP contribution >= 0.6 is 0 Å². The lowest BCUT2D eigenvalue weighted by molar-refractivity contribution is 0.122. The molecule has 0 aliphatic carbocycles. The molecule has 0 amide bonds. The third-order valence-corrected chi connectivity index (χ3v) is 6.21. The van der Waals surface area contributed by atoms with E-state index in [4.69, 9.17) is 18.4 Å². The number of benzene rings is 3. The van der Waals surface area contributed by atoms with Gasteiger partial charge in [0.1, 0.15) is 17.0 Å². The molecule has 6 rings (SSSR count). The first kappa shape index (κ1) is 22.1. The normalized spacial score (nSPS) is 13.6. The Morgan fingerprint density at radius 3 is 2.22 bits per heavy atom. The summed E-state index contributed by atoms with van der Waals surface area (Å²) in [6, 6.07) is 25.6. The molecule has 36 heavy (non-hydrogen) atoms. The lowest BCUT2D eigenvalue weighted by Gasteiger charge is -2.29. The quantitative estimate of drug-likeness (QED) is 0.312. The molecule has 5 aromatic rings. The number of methoxy groups -OCH3 is 1. The molecular formula is C28H24N4O4. The van der Waals surface area contributed by atoms with Crippen LogP contribution in [0.2, 0.25) is 0 Å². The van der Waals surface area contributed by atoms with E-state index in [2.05, 4.69) is 20.3 Å². The van der Waals surface area contributed by atoms with Crippen molar-refractivity contribution in [3.63, 3.8) is 0 Å². The number of rotatable bonds is 6. The van der Waals surface area contributed by atoms with Gasteiger partial charge in [0.05, 0.1) is 25.9 Å². The van der Waals surface area contributed by atoms with Crippen LogP contribution in [-0.4, -0.2) is 48.8 Å². The number of hydrogen-bond acceptors (Lipinski definition) is 8. The Hall–Kier alpha value is -4.43. The lowest BCUT2D eigenvalue weighted by atomic mass is 10.0.